The van der Waals surface area contributed by atoms with Gasteiger partial charge in [-0.1, -0.05) is 11.6 Å². The summed E-state index contributed by atoms with van der Waals surface area (Å²) in [5, 5.41) is 1.62. The highest BCUT2D eigenvalue weighted by molar-refractivity contribution is 14.1. The van der Waals surface area contributed by atoms with Crippen molar-refractivity contribution >= 4 is 40.1 Å². The van der Waals surface area contributed by atoms with E-state index in [1.165, 1.54) is 0 Å². The maximum atomic E-state index is 11.8. The number of carbonyl (C=O) groups excluding carboxylic acids is 1. The molecule has 10 heteroatoms. The van der Waals surface area contributed by atoms with Crippen LogP contribution in [0.5, 0.6) is 0 Å². The fourth-order valence-corrected chi connectivity index (χ4v) is 1.54. The van der Waals surface area contributed by atoms with Gasteiger partial charge < -0.3 is 5.32 Å². The molecule has 0 aromatic carbocycles. The van der Waals surface area contributed by atoms with Crippen LogP contribution < -0.4 is 10.9 Å². The van der Waals surface area contributed by atoms with Crippen molar-refractivity contribution in [3.05, 3.63) is 25.4 Å². The molecule has 18 heavy (non-hydrogen) atoms. The normalized spacial score (nSPS) is 11.4. The first-order valence-electron chi connectivity index (χ1n) is 4.44. The highest BCUT2D eigenvalue weighted by Gasteiger charge is 2.27. The number of hydrogen-bond donors (Lipinski definition) is 1. The number of carbonyl (C=O) groups is 1. The van der Waals surface area contributed by atoms with Gasteiger partial charge in [-0.15, -0.1) is 0 Å². The van der Waals surface area contributed by atoms with Crippen molar-refractivity contribution in [3.8, 4) is 0 Å². The van der Waals surface area contributed by atoms with E-state index >= 15 is 0 Å². The number of alkyl halides is 3. The molecule has 1 amide bonds. The summed E-state index contributed by atoms with van der Waals surface area (Å²) < 4.78 is 36.5. The second-order valence-corrected chi connectivity index (χ2v) is 4.61. The molecule has 0 aliphatic heterocycles. The molecule has 5 nitrogen and oxygen atoms in total. The third-order valence-electron chi connectivity index (χ3n) is 1.74. The van der Waals surface area contributed by atoms with Crippen LogP contribution in [0.25, 0.3) is 0 Å². The Labute approximate surface area is 117 Å². The molecule has 0 bridgehead atoms. The van der Waals surface area contributed by atoms with Crippen molar-refractivity contribution in [2.45, 2.75) is 12.7 Å². The van der Waals surface area contributed by atoms with Crippen LogP contribution in [0.15, 0.2) is 11.1 Å². The predicted octanol–water partition coefficient (Wildman–Crippen LogP) is 1.18. The minimum Gasteiger partial charge on any atom is -0.345 e. The van der Waals surface area contributed by atoms with Gasteiger partial charge in [0.05, 0.1) is 6.33 Å². The van der Waals surface area contributed by atoms with E-state index in [-0.39, 0.29) is 8.72 Å². The van der Waals surface area contributed by atoms with Crippen molar-refractivity contribution in [2.75, 3.05) is 6.54 Å². The van der Waals surface area contributed by atoms with Crippen LogP contribution in [0.2, 0.25) is 5.15 Å². The van der Waals surface area contributed by atoms with E-state index in [4.69, 9.17) is 11.6 Å². The molecule has 0 saturated heterocycles. The van der Waals surface area contributed by atoms with Crippen molar-refractivity contribution in [1.29, 1.82) is 0 Å². The Morgan fingerprint density at radius 3 is 2.72 bits per heavy atom. The van der Waals surface area contributed by atoms with E-state index in [0.29, 0.717) is 0 Å². The molecule has 1 heterocycles. The molecule has 100 valence electrons. The maximum Gasteiger partial charge on any atom is 0.405 e. The molecule has 0 radical (unpaired) electrons. The lowest BCUT2D eigenvalue weighted by atomic mass is 10.5. The first kappa shape index (κ1) is 15.2. The fourth-order valence-electron chi connectivity index (χ4n) is 0.966. The molecule has 1 aromatic rings. The minimum atomic E-state index is -4.49. The van der Waals surface area contributed by atoms with Crippen molar-refractivity contribution in [2.24, 2.45) is 0 Å². The molecule has 0 saturated carbocycles. The van der Waals surface area contributed by atoms with Gasteiger partial charge in [0.2, 0.25) is 5.91 Å². The van der Waals surface area contributed by atoms with E-state index < -0.39 is 30.7 Å². The van der Waals surface area contributed by atoms with Gasteiger partial charge in [-0.2, -0.15) is 13.2 Å². The number of amides is 1. The third-order valence-corrected chi connectivity index (χ3v) is 3.32. The molecule has 0 fully saturated rings. The van der Waals surface area contributed by atoms with Crippen LogP contribution in [0.3, 0.4) is 0 Å². The van der Waals surface area contributed by atoms with Crippen LogP contribution >= 0.6 is 34.2 Å². The molecule has 0 atom stereocenters. The lowest BCUT2D eigenvalue weighted by Gasteiger charge is -2.09. The summed E-state index contributed by atoms with van der Waals surface area (Å²) in [6.45, 7) is -1.99. The van der Waals surface area contributed by atoms with Crippen molar-refractivity contribution in [3.63, 3.8) is 0 Å². The zero-order valence-electron chi connectivity index (χ0n) is 8.59. The molecule has 1 rings (SSSR count). The summed E-state index contributed by atoms with van der Waals surface area (Å²) in [5.74, 6) is -0.936. The van der Waals surface area contributed by atoms with Crippen molar-refractivity contribution < 1.29 is 18.0 Å². The molecule has 0 spiro atoms. The summed E-state index contributed by atoms with van der Waals surface area (Å²) in [5.41, 5.74) is -0.585. The molecule has 0 unspecified atom stereocenters. The van der Waals surface area contributed by atoms with Gasteiger partial charge in [-0.25, -0.2) is 4.98 Å². The molecule has 1 aromatic heterocycles. The second-order valence-electron chi connectivity index (χ2n) is 3.17. The second kappa shape index (κ2) is 5.87. The van der Waals surface area contributed by atoms with Crippen LogP contribution in [-0.4, -0.2) is 28.2 Å². The van der Waals surface area contributed by atoms with Gasteiger partial charge in [-0.05, 0) is 22.6 Å². The van der Waals surface area contributed by atoms with Gasteiger partial charge >= 0.3 is 6.18 Å². The topological polar surface area (TPSA) is 64.0 Å². The Morgan fingerprint density at radius 2 is 2.17 bits per heavy atom. The van der Waals surface area contributed by atoms with Gasteiger partial charge in [0.1, 0.15) is 21.8 Å². The lowest BCUT2D eigenvalue weighted by molar-refractivity contribution is -0.138. The number of halogens is 5. The third kappa shape index (κ3) is 4.44. The lowest BCUT2D eigenvalue weighted by Crippen LogP contribution is -2.38. The number of nitrogens with one attached hydrogen (secondary N) is 1. The Balaban J connectivity index is 2.72. The Hall–Kier alpha value is -0.840. The Bertz CT molecular complexity index is 517. The monoisotopic (exact) mass is 395 g/mol. The highest BCUT2D eigenvalue weighted by Crippen LogP contribution is 2.12. The molecule has 0 aliphatic rings. The number of rotatable bonds is 3. The summed E-state index contributed by atoms with van der Waals surface area (Å²) in [7, 11) is 0. The van der Waals surface area contributed by atoms with Crippen LogP contribution in [0, 0.1) is 3.57 Å². The van der Waals surface area contributed by atoms with Crippen LogP contribution in [0.4, 0.5) is 13.2 Å². The molecule has 1 N–H and O–H groups in total. The van der Waals surface area contributed by atoms with E-state index in [1.807, 2.05) is 0 Å². The zero-order chi connectivity index (χ0) is 13.9. The minimum absolute atomic E-state index is 0.0208. The quantitative estimate of drug-likeness (QED) is 0.618. The fraction of sp³-hybridized carbons (Fsp3) is 0.375. The number of aromatic nitrogens is 2. The van der Waals surface area contributed by atoms with E-state index in [0.717, 1.165) is 10.9 Å². The largest absolute Gasteiger partial charge is 0.405 e. The van der Waals surface area contributed by atoms with Gasteiger partial charge in [0.15, 0.2) is 0 Å². The summed E-state index contributed by atoms with van der Waals surface area (Å²) in [4.78, 5) is 26.3. The van der Waals surface area contributed by atoms with Gasteiger partial charge in [0.25, 0.3) is 5.56 Å². The maximum absolute atomic E-state index is 11.8. The Morgan fingerprint density at radius 1 is 1.56 bits per heavy atom. The average Bonchev–Trinajstić information content (AvgIpc) is 2.26. The number of nitrogens with zero attached hydrogens (tertiary/aromatic N) is 2. The average molecular weight is 396 g/mol. The Kier molecular flexibility index (Phi) is 4.96. The standard InChI is InChI=1S/C8H6ClF3IN3O2/c9-6-5(13)7(18)16(3-15-6)1-4(17)14-2-8(10,11)12/h3H,1-2H2,(H,14,17). The molecular formula is C8H6ClF3IN3O2. The smallest absolute Gasteiger partial charge is 0.345 e. The number of hydrogen-bond acceptors (Lipinski definition) is 3. The predicted molar refractivity (Wildman–Crippen MR) is 65.3 cm³/mol. The first-order chi connectivity index (χ1) is 8.20. The summed E-state index contributed by atoms with van der Waals surface area (Å²) >= 11 is 7.20. The van der Waals surface area contributed by atoms with Crippen LogP contribution in [-0.2, 0) is 11.3 Å². The van der Waals surface area contributed by atoms with Crippen LogP contribution in [0.1, 0.15) is 0 Å². The molecule has 0 aliphatic carbocycles. The van der Waals surface area contributed by atoms with E-state index in [9.17, 15) is 22.8 Å². The first-order valence-corrected chi connectivity index (χ1v) is 5.90. The van der Waals surface area contributed by atoms with Gasteiger partial charge in [-0.3, -0.25) is 14.2 Å². The SMILES string of the molecule is O=C(Cn1cnc(Cl)c(I)c1=O)NCC(F)(F)F. The van der Waals surface area contributed by atoms with Gasteiger partial charge in [0, 0.05) is 0 Å². The van der Waals surface area contributed by atoms with Crippen molar-refractivity contribution in [1.82, 2.24) is 14.9 Å². The highest BCUT2D eigenvalue weighted by atomic mass is 127. The zero-order valence-corrected chi connectivity index (χ0v) is 11.5. The summed E-state index contributed by atoms with van der Waals surface area (Å²) in [6.07, 6.45) is -3.49. The van der Waals surface area contributed by atoms with E-state index in [1.54, 1.807) is 27.9 Å². The summed E-state index contributed by atoms with van der Waals surface area (Å²) in [6, 6.07) is 0. The van der Waals surface area contributed by atoms with E-state index in [2.05, 4.69) is 4.98 Å². The molecular weight excluding hydrogens is 389 g/mol.